The van der Waals surface area contributed by atoms with Gasteiger partial charge in [-0.2, -0.15) is 5.10 Å². The summed E-state index contributed by atoms with van der Waals surface area (Å²) < 4.78 is 6.74. The van der Waals surface area contributed by atoms with Gasteiger partial charge in [0, 0.05) is 7.05 Å². The molecule has 0 fully saturated rings. The van der Waals surface area contributed by atoms with Crippen LogP contribution in [-0.2, 0) is 7.05 Å². The minimum Gasteiger partial charge on any atom is -0.422 e. The van der Waals surface area contributed by atoms with Gasteiger partial charge in [0.15, 0.2) is 0 Å². The molecule has 12 heavy (non-hydrogen) atoms. The number of aryl methyl sites for hydroxylation is 2. The second-order valence-corrected chi connectivity index (χ2v) is 2.54. The second-order valence-electron chi connectivity index (χ2n) is 2.54. The first-order chi connectivity index (χ1) is 5.77. The highest BCUT2D eigenvalue weighted by Crippen LogP contribution is 2.15. The average molecular weight is 164 g/mol. The fourth-order valence-corrected chi connectivity index (χ4v) is 1.10. The van der Waals surface area contributed by atoms with Crippen molar-refractivity contribution in [1.29, 1.82) is 0 Å². The highest BCUT2D eigenvalue weighted by Gasteiger charge is 2.08. The van der Waals surface area contributed by atoms with Gasteiger partial charge in [-0.25, -0.2) is 0 Å². The van der Waals surface area contributed by atoms with Crippen molar-refractivity contribution in [2.45, 2.75) is 6.92 Å². The van der Waals surface area contributed by atoms with E-state index in [0.29, 0.717) is 5.89 Å². The fraction of sp³-hybridized carbons (Fsp3) is 0.286. The van der Waals surface area contributed by atoms with Crippen molar-refractivity contribution in [3.63, 3.8) is 0 Å². The quantitative estimate of drug-likeness (QED) is 0.624. The van der Waals surface area contributed by atoms with Crippen LogP contribution >= 0.6 is 0 Å². The van der Waals surface area contributed by atoms with E-state index in [9.17, 15) is 0 Å². The van der Waals surface area contributed by atoms with Crippen LogP contribution in [0.5, 0.6) is 0 Å². The lowest BCUT2D eigenvalue weighted by Crippen LogP contribution is -1.93. The van der Waals surface area contributed by atoms with Gasteiger partial charge >= 0.3 is 0 Å². The molecule has 5 heteroatoms. The Morgan fingerprint density at radius 3 is 2.83 bits per heavy atom. The molecule has 0 aliphatic heterocycles. The zero-order valence-corrected chi connectivity index (χ0v) is 6.85. The smallest absolute Gasteiger partial charge is 0.265 e. The van der Waals surface area contributed by atoms with Gasteiger partial charge < -0.3 is 4.42 Å². The Labute approximate surface area is 69.0 Å². The number of nitrogens with zero attached hydrogens (tertiary/aromatic N) is 4. The van der Waals surface area contributed by atoms with Gasteiger partial charge in [-0.05, 0) is 13.0 Å². The molecule has 0 aliphatic rings. The van der Waals surface area contributed by atoms with Crippen LogP contribution in [-0.4, -0.2) is 20.0 Å². The summed E-state index contributed by atoms with van der Waals surface area (Å²) in [5, 5.41) is 11.5. The Hall–Kier alpha value is -1.65. The maximum absolute atomic E-state index is 5.03. The lowest BCUT2D eigenvalue weighted by atomic mass is 10.4. The highest BCUT2D eigenvalue weighted by atomic mass is 16.4. The van der Waals surface area contributed by atoms with E-state index >= 15 is 0 Å². The van der Waals surface area contributed by atoms with Gasteiger partial charge in [0.05, 0.1) is 5.69 Å². The van der Waals surface area contributed by atoms with Crippen LogP contribution in [0.25, 0.3) is 11.6 Å². The topological polar surface area (TPSA) is 56.7 Å². The van der Waals surface area contributed by atoms with Crippen LogP contribution < -0.4 is 0 Å². The molecule has 0 bridgehead atoms. The van der Waals surface area contributed by atoms with Crippen molar-refractivity contribution < 1.29 is 4.42 Å². The molecule has 0 saturated heterocycles. The van der Waals surface area contributed by atoms with E-state index in [1.807, 2.05) is 20.0 Å². The third-order valence-electron chi connectivity index (χ3n) is 1.58. The molecule has 0 saturated carbocycles. The summed E-state index contributed by atoms with van der Waals surface area (Å²) >= 11 is 0. The van der Waals surface area contributed by atoms with Crippen LogP contribution in [0.3, 0.4) is 0 Å². The van der Waals surface area contributed by atoms with Crippen molar-refractivity contribution in [3.05, 3.63) is 18.2 Å². The molecule has 2 heterocycles. The second kappa shape index (κ2) is 2.44. The van der Waals surface area contributed by atoms with Crippen LogP contribution in [0, 0.1) is 6.92 Å². The van der Waals surface area contributed by atoms with Crippen molar-refractivity contribution in [1.82, 2.24) is 20.0 Å². The molecule has 0 radical (unpaired) electrons. The molecule has 5 nitrogen and oxygen atoms in total. The molecule has 2 aromatic rings. The van der Waals surface area contributed by atoms with E-state index in [1.165, 1.54) is 6.39 Å². The number of rotatable bonds is 1. The van der Waals surface area contributed by atoms with E-state index in [0.717, 1.165) is 11.4 Å². The minimum absolute atomic E-state index is 0.498. The van der Waals surface area contributed by atoms with Gasteiger partial charge in [0.1, 0.15) is 5.69 Å². The summed E-state index contributed by atoms with van der Waals surface area (Å²) in [6.45, 7) is 1.92. The van der Waals surface area contributed by atoms with Gasteiger partial charge in [-0.3, -0.25) is 4.68 Å². The Bertz CT molecular complexity index is 376. The first-order valence-corrected chi connectivity index (χ1v) is 3.54. The summed E-state index contributed by atoms with van der Waals surface area (Å²) in [6, 6.07) is 1.90. The molecular weight excluding hydrogens is 156 g/mol. The van der Waals surface area contributed by atoms with E-state index < -0.39 is 0 Å². The molecule has 2 aromatic heterocycles. The Balaban J connectivity index is 2.54. The summed E-state index contributed by atoms with van der Waals surface area (Å²) in [5.41, 5.74) is 1.77. The maximum Gasteiger partial charge on any atom is 0.265 e. The fourth-order valence-electron chi connectivity index (χ4n) is 1.10. The minimum atomic E-state index is 0.498. The molecule has 0 aliphatic carbocycles. The summed E-state index contributed by atoms with van der Waals surface area (Å²) in [4.78, 5) is 0. The van der Waals surface area contributed by atoms with Crippen molar-refractivity contribution in [2.75, 3.05) is 0 Å². The summed E-state index contributed by atoms with van der Waals surface area (Å²) in [6.07, 6.45) is 1.30. The standard InChI is InChI=1S/C7H8N4O/c1-5-3-6(11(2)10-5)7-9-8-4-12-7/h3-4H,1-2H3. The van der Waals surface area contributed by atoms with Gasteiger partial charge in [0.2, 0.25) is 6.39 Å². The number of hydrogen-bond acceptors (Lipinski definition) is 4. The van der Waals surface area contributed by atoms with Crippen LogP contribution in [0.2, 0.25) is 0 Å². The van der Waals surface area contributed by atoms with Gasteiger partial charge in [-0.15, -0.1) is 10.2 Å². The largest absolute Gasteiger partial charge is 0.422 e. The SMILES string of the molecule is Cc1cc(-c2nnco2)n(C)n1. The molecule has 0 spiro atoms. The van der Waals surface area contributed by atoms with E-state index in [1.54, 1.807) is 4.68 Å². The summed E-state index contributed by atoms with van der Waals surface area (Å²) in [7, 11) is 1.84. The average Bonchev–Trinajstić information content (AvgIpc) is 2.58. The predicted octanol–water partition coefficient (Wildman–Crippen LogP) is 0.779. The first kappa shape index (κ1) is 7.02. The lowest BCUT2D eigenvalue weighted by molar-refractivity contribution is 0.560. The molecule has 0 aromatic carbocycles. The summed E-state index contributed by atoms with van der Waals surface area (Å²) in [5.74, 6) is 0.498. The lowest BCUT2D eigenvalue weighted by Gasteiger charge is -1.92. The maximum atomic E-state index is 5.03. The normalized spacial score (nSPS) is 10.5. The third-order valence-corrected chi connectivity index (χ3v) is 1.58. The predicted molar refractivity (Wildman–Crippen MR) is 41.2 cm³/mol. The molecule has 0 atom stereocenters. The monoisotopic (exact) mass is 164 g/mol. The van der Waals surface area contributed by atoms with Gasteiger partial charge in [-0.1, -0.05) is 0 Å². The van der Waals surface area contributed by atoms with Crippen molar-refractivity contribution in [3.8, 4) is 11.6 Å². The Morgan fingerprint density at radius 1 is 1.50 bits per heavy atom. The van der Waals surface area contributed by atoms with Crippen LogP contribution in [0.15, 0.2) is 16.9 Å². The van der Waals surface area contributed by atoms with Crippen LogP contribution in [0.1, 0.15) is 5.69 Å². The number of hydrogen-bond donors (Lipinski definition) is 0. The Kier molecular flexibility index (Phi) is 1.43. The third kappa shape index (κ3) is 0.990. The van der Waals surface area contributed by atoms with Crippen molar-refractivity contribution >= 4 is 0 Å². The zero-order chi connectivity index (χ0) is 8.55. The first-order valence-electron chi connectivity index (χ1n) is 3.54. The van der Waals surface area contributed by atoms with Crippen LogP contribution in [0.4, 0.5) is 0 Å². The molecule has 0 N–H and O–H groups in total. The molecule has 62 valence electrons. The van der Waals surface area contributed by atoms with Gasteiger partial charge in [0.25, 0.3) is 5.89 Å². The molecule has 0 amide bonds. The zero-order valence-electron chi connectivity index (χ0n) is 6.85. The highest BCUT2D eigenvalue weighted by molar-refractivity contribution is 5.46. The van der Waals surface area contributed by atoms with E-state index in [-0.39, 0.29) is 0 Å². The molecule has 2 rings (SSSR count). The Morgan fingerprint density at radius 2 is 2.33 bits per heavy atom. The van der Waals surface area contributed by atoms with E-state index in [2.05, 4.69) is 15.3 Å². The molecular formula is C7H8N4O. The number of aromatic nitrogens is 4. The van der Waals surface area contributed by atoms with Crippen molar-refractivity contribution in [2.24, 2.45) is 7.05 Å². The van der Waals surface area contributed by atoms with E-state index in [4.69, 9.17) is 4.42 Å². The molecule has 0 unspecified atom stereocenters.